The van der Waals surface area contributed by atoms with Gasteiger partial charge in [-0.15, -0.1) is 0 Å². The summed E-state index contributed by atoms with van der Waals surface area (Å²) in [5.74, 6) is 1.50. The van der Waals surface area contributed by atoms with Crippen LogP contribution in [0, 0.1) is 17.3 Å². The monoisotopic (exact) mass is 238 g/mol. The zero-order chi connectivity index (χ0) is 12.5. The molecule has 3 heteroatoms. The molecule has 2 aliphatic carbocycles. The van der Waals surface area contributed by atoms with E-state index in [0.29, 0.717) is 24.4 Å². The van der Waals surface area contributed by atoms with Crippen molar-refractivity contribution in [3.8, 4) is 0 Å². The van der Waals surface area contributed by atoms with Gasteiger partial charge in [-0.05, 0) is 37.5 Å². The maximum absolute atomic E-state index is 12.3. The van der Waals surface area contributed by atoms with E-state index in [1.807, 2.05) is 0 Å². The zero-order valence-electron chi connectivity index (χ0n) is 11.2. The number of hydrogen-bond acceptors (Lipinski definition) is 2. The molecule has 0 saturated heterocycles. The third-order valence-electron chi connectivity index (χ3n) is 4.78. The molecule has 3 N–H and O–H groups in total. The molecule has 0 spiro atoms. The fourth-order valence-electron chi connectivity index (χ4n) is 3.57. The SMILES string of the molecule is CC1CC(CN)(C(=O)NC2CCCCC2C)C1. The smallest absolute Gasteiger partial charge is 0.227 e. The second kappa shape index (κ2) is 4.97. The summed E-state index contributed by atoms with van der Waals surface area (Å²) >= 11 is 0. The number of carbonyl (C=O) groups is 1. The summed E-state index contributed by atoms with van der Waals surface area (Å²) in [6.07, 6.45) is 6.89. The molecule has 2 aliphatic rings. The van der Waals surface area contributed by atoms with Gasteiger partial charge in [-0.3, -0.25) is 4.79 Å². The molecule has 17 heavy (non-hydrogen) atoms. The molecule has 0 heterocycles. The van der Waals surface area contributed by atoms with Crippen LogP contribution in [0.3, 0.4) is 0 Å². The van der Waals surface area contributed by atoms with Crippen molar-refractivity contribution in [3.05, 3.63) is 0 Å². The van der Waals surface area contributed by atoms with Gasteiger partial charge in [0.25, 0.3) is 0 Å². The first kappa shape index (κ1) is 12.9. The molecule has 1 amide bonds. The van der Waals surface area contributed by atoms with Crippen molar-refractivity contribution in [2.24, 2.45) is 23.0 Å². The summed E-state index contributed by atoms with van der Waals surface area (Å²) in [6.45, 7) is 4.96. The first-order valence-electron chi connectivity index (χ1n) is 7.08. The lowest BCUT2D eigenvalue weighted by atomic mass is 9.62. The number of amides is 1. The quantitative estimate of drug-likeness (QED) is 0.790. The molecule has 2 saturated carbocycles. The topological polar surface area (TPSA) is 55.1 Å². The van der Waals surface area contributed by atoms with E-state index in [1.54, 1.807) is 0 Å². The second-order valence-corrected chi connectivity index (χ2v) is 6.34. The van der Waals surface area contributed by atoms with Crippen LogP contribution in [0.2, 0.25) is 0 Å². The third kappa shape index (κ3) is 2.49. The molecule has 0 aliphatic heterocycles. The normalized spacial score (nSPS) is 41.7. The van der Waals surface area contributed by atoms with E-state index in [-0.39, 0.29) is 11.3 Å². The standard InChI is InChI=1S/C14H26N2O/c1-10-7-14(8-10,9-15)13(17)16-12-6-4-3-5-11(12)2/h10-12H,3-9,15H2,1-2H3,(H,16,17). The summed E-state index contributed by atoms with van der Waals surface area (Å²) in [7, 11) is 0. The van der Waals surface area contributed by atoms with Gasteiger partial charge in [-0.25, -0.2) is 0 Å². The van der Waals surface area contributed by atoms with Crippen LogP contribution < -0.4 is 11.1 Å². The third-order valence-corrected chi connectivity index (χ3v) is 4.78. The highest BCUT2D eigenvalue weighted by Crippen LogP contribution is 2.45. The molecular formula is C14H26N2O. The highest BCUT2D eigenvalue weighted by Gasteiger charge is 2.47. The Hall–Kier alpha value is -0.570. The molecule has 2 atom stereocenters. The van der Waals surface area contributed by atoms with Crippen LogP contribution in [0.5, 0.6) is 0 Å². The highest BCUT2D eigenvalue weighted by molar-refractivity contribution is 5.84. The lowest BCUT2D eigenvalue weighted by Crippen LogP contribution is -2.56. The minimum atomic E-state index is -0.240. The van der Waals surface area contributed by atoms with E-state index in [4.69, 9.17) is 5.73 Å². The van der Waals surface area contributed by atoms with Crippen LogP contribution in [0.15, 0.2) is 0 Å². The Morgan fingerprint density at radius 2 is 1.94 bits per heavy atom. The van der Waals surface area contributed by atoms with Crippen LogP contribution >= 0.6 is 0 Å². The van der Waals surface area contributed by atoms with Gasteiger partial charge in [0.05, 0.1) is 5.41 Å². The largest absolute Gasteiger partial charge is 0.353 e. The fourth-order valence-corrected chi connectivity index (χ4v) is 3.57. The van der Waals surface area contributed by atoms with Crippen LogP contribution in [-0.2, 0) is 4.79 Å². The maximum Gasteiger partial charge on any atom is 0.227 e. The highest BCUT2D eigenvalue weighted by atomic mass is 16.2. The predicted octanol–water partition coefficient (Wildman–Crippen LogP) is 2.06. The average molecular weight is 238 g/mol. The van der Waals surface area contributed by atoms with Gasteiger partial charge in [0.2, 0.25) is 5.91 Å². The van der Waals surface area contributed by atoms with Crippen LogP contribution in [0.1, 0.15) is 52.4 Å². The van der Waals surface area contributed by atoms with Crippen molar-refractivity contribution >= 4 is 5.91 Å². The molecular weight excluding hydrogens is 212 g/mol. The molecule has 2 unspecified atom stereocenters. The van der Waals surface area contributed by atoms with Gasteiger partial charge in [-0.2, -0.15) is 0 Å². The molecule has 2 rings (SSSR count). The van der Waals surface area contributed by atoms with Crippen molar-refractivity contribution < 1.29 is 4.79 Å². The van der Waals surface area contributed by atoms with E-state index in [0.717, 1.165) is 19.3 Å². The summed E-state index contributed by atoms with van der Waals surface area (Å²) in [5.41, 5.74) is 5.57. The second-order valence-electron chi connectivity index (χ2n) is 6.34. The molecule has 0 aromatic heterocycles. The van der Waals surface area contributed by atoms with Gasteiger partial charge in [-0.1, -0.05) is 26.7 Å². The number of carbonyl (C=O) groups excluding carboxylic acids is 1. The Balaban J connectivity index is 1.91. The van der Waals surface area contributed by atoms with Crippen molar-refractivity contribution in [3.63, 3.8) is 0 Å². The first-order chi connectivity index (χ1) is 8.07. The van der Waals surface area contributed by atoms with Crippen molar-refractivity contribution in [1.82, 2.24) is 5.32 Å². The summed E-state index contributed by atoms with van der Waals surface area (Å²) in [5, 5.41) is 3.26. The molecule has 98 valence electrons. The van der Waals surface area contributed by atoms with Crippen LogP contribution in [0.4, 0.5) is 0 Å². The van der Waals surface area contributed by atoms with Gasteiger partial charge >= 0.3 is 0 Å². The Kier molecular flexibility index (Phi) is 3.76. The van der Waals surface area contributed by atoms with Crippen molar-refractivity contribution in [2.75, 3.05) is 6.54 Å². The van der Waals surface area contributed by atoms with Gasteiger partial charge in [0, 0.05) is 12.6 Å². The first-order valence-corrected chi connectivity index (χ1v) is 7.08. The number of rotatable bonds is 3. The molecule has 0 aromatic rings. The van der Waals surface area contributed by atoms with Gasteiger partial charge in [0.1, 0.15) is 0 Å². The van der Waals surface area contributed by atoms with Gasteiger partial charge < -0.3 is 11.1 Å². The van der Waals surface area contributed by atoms with Crippen LogP contribution in [0.25, 0.3) is 0 Å². The number of nitrogens with two attached hydrogens (primary N) is 1. The average Bonchev–Trinajstić information content (AvgIpc) is 2.27. The van der Waals surface area contributed by atoms with E-state index in [2.05, 4.69) is 19.2 Å². The molecule has 0 bridgehead atoms. The minimum absolute atomic E-state index is 0.219. The lowest BCUT2D eigenvalue weighted by Gasteiger charge is -2.45. The predicted molar refractivity (Wildman–Crippen MR) is 69.4 cm³/mol. The summed E-state index contributed by atoms with van der Waals surface area (Å²) in [6, 6.07) is 0.385. The maximum atomic E-state index is 12.3. The minimum Gasteiger partial charge on any atom is -0.353 e. The van der Waals surface area contributed by atoms with E-state index in [1.165, 1.54) is 19.3 Å². The van der Waals surface area contributed by atoms with Crippen LogP contribution in [-0.4, -0.2) is 18.5 Å². The Labute approximate surface area is 105 Å². The molecule has 0 aromatic carbocycles. The Morgan fingerprint density at radius 3 is 2.47 bits per heavy atom. The number of nitrogens with one attached hydrogen (secondary N) is 1. The van der Waals surface area contributed by atoms with E-state index >= 15 is 0 Å². The Morgan fingerprint density at radius 1 is 1.29 bits per heavy atom. The summed E-state index contributed by atoms with van der Waals surface area (Å²) in [4.78, 5) is 12.3. The van der Waals surface area contributed by atoms with Crippen molar-refractivity contribution in [1.29, 1.82) is 0 Å². The Bertz CT molecular complexity index is 284. The molecule has 2 fully saturated rings. The summed E-state index contributed by atoms with van der Waals surface area (Å²) < 4.78 is 0. The molecule has 3 nitrogen and oxygen atoms in total. The van der Waals surface area contributed by atoms with Gasteiger partial charge in [0.15, 0.2) is 0 Å². The lowest BCUT2D eigenvalue weighted by molar-refractivity contribution is -0.139. The van der Waals surface area contributed by atoms with Crippen molar-refractivity contribution in [2.45, 2.75) is 58.4 Å². The zero-order valence-corrected chi connectivity index (χ0v) is 11.2. The van der Waals surface area contributed by atoms with E-state index in [9.17, 15) is 4.79 Å². The van der Waals surface area contributed by atoms with E-state index < -0.39 is 0 Å². The fraction of sp³-hybridized carbons (Fsp3) is 0.929. The molecule has 0 radical (unpaired) electrons. The number of hydrogen-bond donors (Lipinski definition) is 2.